The van der Waals surface area contributed by atoms with Crippen molar-refractivity contribution >= 4 is 32.9 Å². The molecule has 0 aliphatic carbocycles. The van der Waals surface area contributed by atoms with Crippen LogP contribution in [0.5, 0.6) is 0 Å². The third-order valence-corrected chi connectivity index (χ3v) is 3.80. The first-order valence-electron chi connectivity index (χ1n) is 4.82. The highest BCUT2D eigenvalue weighted by Gasteiger charge is 2.36. The van der Waals surface area contributed by atoms with Crippen LogP contribution in [0.15, 0.2) is 27.8 Å². The van der Waals surface area contributed by atoms with Crippen molar-refractivity contribution in [1.29, 1.82) is 0 Å². The largest absolute Gasteiger partial charge is 0.379 e. The first kappa shape index (κ1) is 11.9. The molecule has 1 aromatic rings. The summed E-state index contributed by atoms with van der Waals surface area (Å²) < 4.78 is 14.2. The number of amidine groups is 1. The fraction of sp³-hybridized carbons (Fsp3) is 0.400. The van der Waals surface area contributed by atoms with Gasteiger partial charge in [-0.15, -0.1) is 0 Å². The average molecular weight is 304 g/mol. The molecule has 0 unspecified atom stereocenters. The van der Waals surface area contributed by atoms with Crippen molar-refractivity contribution in [1.82, 2.24) is 4.98 Å². The second kappa shape index (κ2) is 4.71. The summed E-state index contributed by atoms with van der Waals surface area (Å²) in [7, 11) is 0. The number of halogens is 2. The third-order valence-electron chi connectivity index (χ3n) is 2.51. The van der Waals surface area contributed by atoms with E-state index in [2.05, 4.69) is 25.9 Å². The molecule has 0 radical (unpaired) electrons. The minimum absolute atomic E-state index is 0.436. The second-order valence-corrected chi connectivity index (χ2v) is 5.60. The molecule has 0 amide bonds. The molecule has 1 aromatic heterocycles. The van der Waals surface area contributed by atoms with E-state index in [1.807, 2.05) is 0 Å². The number of rotatable bonds is 2. The van der Waals surface area contributed by atoms with Gasteiger partial charge < -0.3 is 5.73 Å². The summed E-state index contributed by atoms with van der Waals surface area (Å²) >= 11 is 4.81. The lowest BCUT2D eigenvalue weighted by atomic mass is 9.93. The van der Waals surface area contributed by atoms with Crippen LogP contribution < -0.4 is 5.73 Å². The van der Waals surface area contributed by atoms with Gasteiger partial charge in [0.15, 0.2) is 5.17 Å². The molecule has 1 aliphatic rings. The summed E-state index contributed by atoms with van der Waals surface area (Å²) in [5.74, 6) is 0.771. The highest BCUT2D eigenvalue weighted by Crippen LogP contribution is 2.35. The Hall–Kier alpha value is -0.620. The van der Waals surface area contributed by atoms with Crippen LogP contribution in [0.4, 0.5) is 4.39 Å². The Morgan fingerprint density at radius 3 is 3.06 bits per heavy atom. The van der Waals surface area contributed by atoms with Gasteiger partial charge in [-0.1, -0.05) is 27.7 Å². The molecular weight excluding hydrogens is 293 g/mol. The minimum atomic E-state index is -0.890. The third kappa shape index (κ3) is 2.22. The van der Waals surface area contributed by atoms with E-state index in [0.29, 0.717) is 17.3 Å². The number of aliphatic imine (C=N–C) groups is 1. The first-order chi connectivity index (χ1) is 7.66. The fourth-order valence-corrected chi connectivity index (χ4v) is 2.86. The number of nitrogens with zero attached hydrogens (tertiary/aromatic N) is 2. The summed E-state index contributed by atoms with van der Waals surface area (Å²) in [6, 6.07) is 3.60. The van der Waals surface area contributed by atoms with Gasteiger partial charge in [-0.05, 0) is 18.6 Å². The molecule has 1 aliphatic heterocycles. The Labute approximate surface area is 106 Å². The highest BCUT2D eigenvalue weighted by molar-refractivity contribution is 9.10. The van der Waals surface area contributed by atoms with Crippen molar-refractivity contribution in [3.8, 4) is 0 Å². The molecule has 0 saturated carbocycles. The van der Waals surface area contributed by atoms with Crippen LogP contribution in [0.2, 0.25) is 0 Å². The molecular formula is C10H11BrFN3S. The summed E-state index contributed by atoms with van der Waals surface area (Å²) in [5, 5.41) is 0.436. The van der Waals surface area contributed by atoms with Gasteiger partial charge in [0, 0.05) is 16.4 Å². The molecule has 0 bridgehead atoms. The zero-order chi connectivity index (χ0) is 11.6. The summed E-state index contributed by atoms with van der Waals surface area (Å²) in [4.78, 5) is 8.44. The predicted octanol–water partition coefficient (Wildman–Crippen LogP) is 2.46. The van der Waals surface area contributed by atoms with Crippen molar-refractivity contribution in [2.75, 3.05) is 12.4 Å². The molecule has 16 heavy (non-hydrogen) atoms. The quantitative estimate of drug-likeness (QED) is 0.913. The lowest BCUT2D eigenvalue weighted by Gasteiger charge is -2.29. The molecule has 2 heterocycles. The van der Waals surface area contributed by atoms with E-state index in [9.17, 15) is 4.39 Å². The fourth-order valence-electron chi connectivity index (χ4n) is 1.63. The van der Waals surface area contributed by atoms with Crippen LogP contribution in [0.3, 0.4) is 0 Å². The van der Waals surface area contributed by atoms with Crippen molar-refractivity contribution in [3.63, 3.8) is 0 Å². The van der Waals surface area contributed by atoms with Gasteiger partial charge in [0.05, 0.1) is 5.69 Å². The van der Waals surface area contributed by atoms with E-state index in [0.717, 1.165) is 10.2 Å². The standard InChI is InChI=1S/C10H11BrFN3S/c11-7-1-3-14-8(5-7)10(6-12)2-4-16-9(13)15-10/h1,3,5H,2,4,6H2,(H2,13,15)/t10-/m1/s1. The zero-order valence-corrected chi connectivity index (χ0v) is 10.9. The minimum Gasteiger partial charge on any atom is -0.379 e. The van der Waals surface area contributed by atoms with Crippen LogP contribution in [-0.4, -0.2) is 22.6 Å². The number of hydrogen-bond acceptors (Lipinski definition) is 4. The molecule has 3 nitrogen and oxygen atoms in total. The van der Waals surface area contributed by atoms with Crippen LogP contribution in [0.25, 0.3) is 0 Å². The molecule has 1 atom stereocenters. The number of aromatic nitrogens is 1. The van der Waals surface area contributed by atoms with E-state index < -0.39 is 12.2 Å². The van der Waals surface area contributed by atoms with Gasteiger partial charge in [-0.3, -0.25) is 4.98 Å². The van der Waals surface area contributed by atoms with Gasteiger partial charge in [0.1, 0.15) is 12.2 Å². The smallest absolute Gasteiger partial charge is 0.154 e. The number of hydrogen-bond donors (Lipinski definition) is 1. The maximum atomic E-state index is 13.3. The van der Waals surface area contributed by atoms with Crippen molar-refractivity contribution in [3.05, 3.63) is 28.5 Å². The molecule has 0 aromatic carbocycles. The maximum absolute atomic E-state index is 13.3. The van der Waals surface area contributed by atoms with Crippen LogP contribution >= 0.6 is 27.7 Å². The Morgan fingerprint density at radius 1 is 1.62 bits per heavy atom. The lowest BCUT2D eigenvalue weighted by Crippen LogP contribution is -2.34. The topological polar surface area (TPSA) is 51.3 Å². The van der Waals surface area contributed by atoms with Gasteiger partial charge >= 0.3 is 0 Å². The number of pyridine rings is 1. The van der Waals surface area contributed by atoms with E-state index in [1.165, 1.54) is 11.8 Å². The van der Waals surface area contributed by atoms with Gasteiger partial charge in [-0.25, -0.2) is 9.38 Å². The maximum Gasteiger partial charge on any atom is 0.154 e. The highest BCUT2D eigenvalue weighted by atomic mass is 79.9. The number of thioether (sulfide) groups is 1. The Morgan fingerprint density at radius 2 is 2.44 bits per heavy atom. The summed E-state index contributed by atoms with van der Waals surface area (Å²) in [5.41, 5.74) is 5.41. The summed E-state index contributed by atoms with van der Waals surface area (Å²) in [6.45, 7) is -0.572. The predicted molar refractivity (Wildman–Crippen MR) is 68.3 cm³/mol. The monoisotopic (exact) mass is 303 g/mol. The van der Waals surface area contributed by atoms with Gasteiger partial charge in [0.25, 0.3) is 0 Å². The molecule has 0 fully saturated rings. The van der Waals surface area contributed by atoms with Crippen LogP contribution in [0.1, 0.15) is 12.1 Å². The Kier molecular flexibility index (Phi) is 3.49. The van der Waals surface area contributed by atoms with Crippen molar-refractivity contribution in [2.24, 2.45) is 10.7 Å². The lowest BCUT2D eigenvalue weighted by molar-refractivity contribution is 0.299. The number of nitrogens with two attached hydrogens (primary N) is 1. The Balaban J connectivity index is 2.45. The first-order valence-corrected chi connectivity index (χ1v) is 6.60. The average Bonchev–Trinajstić information content (AvgIpc) is 2.29. The van der Waals surface area contributed by atoms with Crippen molar-refractivity contribution < 1.29 is 4.39 Å². The molecule has 86 valence electrons. The van der Waals surface area contributed by atoms with E-state index in [1.54, 1.807) is 18.3 Å². The molecule has 0 spiro atoms. The van der Waals surface area contributed by atoms with E-state index >= 15 is 0 Å². The van der Waals surface area contributed by atoms with Crippen LogP contribution in [-0.2, 0) is 5.54 Å². The summed E-state index contributed by atoms with van der Waals surface area (Å²) in [6.07, 6.45) is 2.27. The normalized spacial score (nSPS) is 25.2. The van der Waals surface area contributed by atoms with Gasteiger partial charge in [0.2, 0.25) is 0 Å². The molecule has 2 N–H and O–H groups in total. The number of alkyl halides is 1. The SMILES string of the molecule is NC1=N[C@](CF)(c2cc(Br)ccn2)CCS1. The van der Waals surface area contributed by atoms with E-state index in [4.69, 9.17) is 5.73 Å². The molecule has 0 saturated heterocycles. The Bertz CT molecular complexity index is 426. The zero-order valence-electron chi connectivity index (χ0n) is 8.49. The molecule has 6 heteroatoms. The molecule has 2 rings (SSSR count). The van der Waals surface area contributed by atoms with Crippen molar-refractivity contribution in [2.45, 2.75) is 12.0 Å². The van der Waals surface area contributed by atoms with Gasteiger partial charge in [-0.2, -0.15) is 0 Å². The second-order valence-electron chi connectivity index (χ2n) is 3.57. The van der Waals surface area contributed by atoms with Crippen LogP contribution in [0, 0.1) is 0 Å². The van der Waals surface area contributed by atoms with E-state index in [-0.39, 0.29) is 0 Å².